The van der Waals surface area contributed by atoms with E-state index in [0.717, 1.165) is 38.2 Å². The van der Waals surface area contributed by atoms with E-state index in [1.54, 1.807) is 0 Å². The third-order valence-electron chi connectivity index (χ3n) is 3.98. The first kappa shape index (κ1) is 13.2. The van der Waals surface area contributed by atoms with E-state index >= 15 is 0 Å². The van der Waals surface area contributed by atoms with E-state index in [-0.39, 0.29) is 0 Å². The number of aryl methyl sites for hydroxylation is 1. The number of para-hydroxylation sites is 1. The topological polar surface area (TPSA) is 30.2 Å². The zero-order valence-electron chi connectivity index (χ0n) is 12.1. The smallest absolute Gasteiger partial charge is 0.249 e. The van der Waals surface area contributed by atoms with Crippen LogP contribution in [0.15, 0.2) is 70.9 Å². The summed E-state index contributed by atoms with van der Waals surface area (Å²) in [5.74, 6) is 0. The number of fused-ring (bicyclic) bond motifs is 3. The molecule has 2 nitrogen and oxygen atoms in total. The molecule has 1 unspecified atom stereocenters. The molecule has 3 aromatic carbocycles. The zero-order chi connectivity index (χ0) is 15.1. The molecule has 0 saturated heterocycles. The second kappa shape index (κ2) is 5.08. The van der Waals surface area contributed by atoms with Gasteiger partial charge in [-0.15, -0.1) is 0 Å². The molecule has 0 amide bonds. The molecule has 0 fully saturated rings. The highest BCUT2D eigenvalue weighted by atomic mass is 31.1. The van der Waals surface area contributed by atoms with E-state index in [1.165, 1.54) is 0 Å². The third-order valence-corrected chi connectivity index (χ3v) is 5.18. The molecular weight excluding hydrogens is 291 g/mol. The second-order valence-corrected chi connectivity index (χ2v) is 6.51. The molecule has 4 aromatic rings. The van der Waals surface area contributed by atoms with Crippen LogP contribution in [0.4, 0.5) is 0 Å². The van der Waals surface area contributed by atoms with Gasteiger partial charge in [0.1, 0.15) is 0 Å². The van der Waals surface area contributed by atoms with Gasteiger partial charge in [0.2, 0.25) is 5.12 Å². The van der Waals surface area contributed by atoms with Crippen molar-refractivity contribution >= 4 is 29.1 Å². The fourth-order valence-corrected chi connectivity index (χ4v) is 4.21. The maximum absolute atomic E-state index is 12.7. The number of hydrogen-bond donors (Lipinski definition) is 0. The van der Waals surface area contributed by atoms with Gasteiger partial charge in [-0.2, -0.15) is 0 Å². The lowest BCUT2D eigenvalue weighted by Gasteiger charge is -2.03. The first-order valence-electron chi connectivity index (χ1n) is 7.19. The summed E-state index contributed by atoms with van der Waals surface area (Å²) in [6.07, 6.45) is 0. The quantitative estimate of drug-likeness (QED) is 0.386. The van der Waals surface area contributed by atoms with Crippen LogP contribution in [-0.4, -0.2) is 0 Å². The average molecular weight is 305 g/mol. The molecule has 0 aliphatic heterocycles. The molecule has 22 heavy (non-hydrogen) atoms. The molecule has 0 N–H and O–H groups in total. The van der Waals surface area contributed by atoms with Crippen molar-refractivity contribution in [2.75, 3.05) is 0 Å². The minimum absolute atomic E-state index is 0.737. The van der Waals surface area contributed by atoms with Gasteiger partial charge in [-0.3, -0.25) is 0 Å². The lowest BCUT2D eigenvalue weighted by Crippen LogP contribution is -1.83. The standard InChI is InChI=1S/C19H14O2P/c1-13-7-5-11-16-17-12-6-10-15(14-8-3-2-4-9-14)19(17)22(20)21-18(13)16/h2-12H,1H3/q+1. The van der Waals surface area contributed by atoms with Gasteiger partial charge in [0.05, 0.1) is 0 Å². The fourth-order valence-electron chi connectivity index (χ4n) is 2.92. The first-order chi connectivity index (χ1) is 10.8. The van der Waals surface area contributed by atoms with Gasteiger partial charge in [-0.05, 0) is 34.7 Å². The van der Waals surface area contributed by atoms with E-state index in [9.17, 15) is 4.57 Å². The van der Waals surface area contributed by atoms with E-state index in [0.29, 0.717) is 0 Å². The Kier molecular flexibility index (Phi) is 3.06. The van der Waals surface area contributed by atoms with Gasteiger partial charge in [0.15, 0.2) is 5.58 Å². The first-order valence-corrected chi connectivity index (χ1v) is 8.37. The van der Waals surface area contributed by atoms with Gasteiger partial charge in [-0.1, -0.05) is 54.6 Å². The van der Waals surface area contributed by atoms with Crippen molar-refractivity contribution in [2.24, 2.45) is 0 Å². The zero-order valence-corrected chi connectivity index (χ0v) is 13.0. The Labute approximate surface area is 128 Å². The van der Waals surface area contributed by atoms with Crippen LogP contribution in [0.3, 0.4) is 0 Å². The number of hydrogen-bond acceptors (Lipinski definition) is 2. The van der Waals surface area contributed by atoms with Crippen molar-refractivity contribution in [2.45, 2.75) is 6.92 Å². The van der Waals surface area contributed by atoms with E-state index in [4.69, 9.17) is 4.20 Å². The maximum atomic E-state index is 12.7. The SMILES string of the molecule is Cc1cccc2c1o[p+](=O)c1c(-c3ccccc3)cccc21. The Morgan fingerprint density at radius 3 is 2.36 bits per heavy atom. The van der Waals surface area contributed by atoms with Crippen molar-refractivity contribution in [1.82, 2.24) is 0 Å². The van der Waals surface area contributed by atoms with Crippen molar-refractivity contribution in [1.29, 1.82) is 0 Å². The Morgan fingerprint density at radius 2 is 1.55 bits per heavy atom. The van der Waals surface area contributed by atoms with Crippen LogP contribution in [0, 0.1) is 6.92 Å². The maximum Gasteiger partial charge on any atom is 0.598 e. The van der Waals surface area contributed by atoms with Gasteiger partial charge < -0.3 is 0 Å². The van der Waals surface area contributed by atoms with Crippen LogP contribution in [0.2, 0.25) is 0 Å². The lowest BCUT2D eigenvalue weighted by molar-refractivity contribution is 0.563. The van der Waals surface area contributed by atoms with Crippen LogP contribution in [0.1, 0.15) is 5.56 Å². The highest BCUT2D eigenvalue weighted by molar-refractivity contribution is 7.37. The summed E-state index contributed by atoms with van der Waals surface area (Å²) in [6, 6.07) is 22.1. The predicted octanol–water partition coefficient (Wildman–Crippen LogP) is 6.30. The molecule has 4 rings (SSSR count). The molecule has 0 spiro atoms. The van der Waals surface area contributed by atoms with Gasteiger partial charge in [0.25, 0.3) is 0 Å². The molecule has 1 aromatic heterocycles. The highest BCUT2D eigenvalue weighted by Crippen LogP contribution is 2.41. The van der Waals surface area contributed by atoms with Crippen molar-refractivity contribution in [3.05, 3.63) is 72.3 Å². The molecule has 1 heterocycles. The molecule has 0 aliphatic rings. The summed E-state index contributed by atoms with van der Waals surface area (Å²) in [5.41, 5.74) is 3.78. The van der Waals surface area contributed by atoms with Crippen molar-refractivity contribution < 1.29 is 8.76 Å². The van der Waals surface area contributed by atoms with Gasteiger partial charge >= 0.3 is 7.65 Å². The third kappa shape index (κ3) is 1.96. The van der Waals surface area contributed by atoms with Crippen LogP contribution >= 0.6 is 7.65 Å². The predicted molar refractivity (Wildman–Crippen MR) is 91.5 cm³/mol. The Hall–Kier alpha value is -2.44. The molecule has 0 aliphatic carbocycles. The largest absolute Gasteiger partial charge is 0.598 e. The van der Waals surface area contributed by atoms with Crippen LogP contribution < -0.4 is 0 Å². The molecule has 3 heteroatoms. The Morgan fingerprint density at radius 1 is 0.818 bits per heavy atom. The van der Waals surface area contributed by atoms with Gasteiger partial charge in [0, 0.05) is 16.3 Å². The highest BCUT2D eigenvalue weighted by Gasteiger charge is 2.21. The van der Waals surface area contributed by atoms with E-state index in [1.807, 2.05) is 73.7 Å². The molecule has 0 bridgehead atoms. The molecule has 0 radical (unpaired) electrons. The molecule has 106 valence electrons. The van der Waals surface area contributed by atoms with Crippen molar-refractivity contribution in [3.8, 4) is 11.1 Å². The normalized spacial score (nSPS) is 12.0. The number of rotatable bonds is 1. The van der Waals surface area contributed by atoms with E-state index < -0.39 is 7.65 Å². The lowest BCUT2D eigenvalue weighted by atomic mass is 10.0. The van der Waals surface area contributed by atoms with E-state index in [2.05, 4.69) is 0 Å². The minimum atomic E-state index is -1.90. The fraction of sp³-hybridized carbons (Fsp3) is 0.0526. The average Bonchev–Trinajstić information content (AvgIpc) is 2.56. The Balaban J connectivity index is 2.21. The summed E-state index contributed by atoms with van der Waals surface area (Å²) in [5, 5.41) is 2.82. The molecule has 0 saturated carbocycles. The van der Waals surface area contributed by atoms with Crippen LogP contribution in [-0.2, 0) is 4.57 Å². The second-order valence-electron chi connectivity index (χ2n) is 5.37. The summed E-state index contributed by atoms with van der Waals surface area (Å²) in [6.45, 7) is 1.98. The summed E-state index contributed by atoms with van der Waals surface area (Å²) in [4.78, 5) is 0. The summed E-state index contributed by atoms with van der Waals surface area (Å²) in [7, 11) is -1.90. The van der Waals surface area contributed by atoms with Crippen molar-refractivity contribution in [3.63, 3.8) is 0 Å². The monoisotopic (exact) mass is 305 g/mol. The Bertz CT molecular complexity index is 1050. The van der Waals surface area contributed by atoms with Crippen LogP contribution in [0.5, 0.6) is 0 Å². The van der Waals surface area contributed by atoms with Gasteiger partial charge in [-0.25, -0.2) is 4.20 Å². The van der Waals surface area contributed by atoms with Crippen LogP contribution in [0.25, 0.3) is 32.6 Å². The summed E-state index contributed by atoms with van der Waals surface area (Å²) >= 11 is 0. The number of benzene rings is 3. The molecular formula is C19H14O2P+. The summed E-state index contributed by atoms with van der Waals surface area (Å²) < 4.78 is 18.5. The minimum Gasteiger partial charge on any atom is -0.249 e. The molecule has 1 atom stereocenters.